The second kappa shape index (κ2) is 8.74. The molecule has 0 saturated carbocycles. The number of halogens is 1. The number of nitrogens with one attached hydrogen (secondary N) is 1. The summed E-state index contributed by atoms with van der Waals surface area (Å²) in [4.78, 5) is 12.8. The molecule has 0 aliphatic rings. The van der Waals surface area contributed by atoms with Gasteiger partial charge < -0.3 is 5.32 Å². The van der Waals surface area contributed by atoms with Crippen molar-refractivity contribution in [1.82, 2.24) is 0 Å². The van der Waals surface area contributed by atoms with Crippen molar-refractivity contribution in [1.29, 1.82) is 0 Å². The lowest BCUT2D eigenvalue weighted by Gasteiger charge is -2.24. The summed E-state index contributed by atoms with van der Waals surface area (Å²) in [7, 11) is -3.89. The van der Waals surface area contributed by atoms with Gasteiger partial charge >= 0.3 is 0 Å². The molecule has 0 fully saturated rings. The first-order chi connectivity index (χ1) is 13.4. The molecule has 0 aliphatic heterocycles. The molecule has 0 unspecified atom stereocenters. The third-order valence-electron chi connectivity index (χ3n) is 4.15. The summed E-state index contributed by atoms with van der Waals surface area (Å²) in [6, 6.07) is 22.5. The number of benzene rings is 3. The van der Waals surface area contributed by atoms with Gasteiger partial charge in [-0.1, -0.05) is 36.4 Å². The van der Waals surface area contributed by atoms with E-state index >= 15 is 0 Å². The van der Waals surface area contributed by atoms with Crippen molar-refractivity contribution < 1.29 is 13.2 Å². The van der Waals surface area contributed by atoms with Crippen LogP contribution in [0.1, 0.15) is 5.56 Å². The van der Waals surface area contributed by atoms with Crippen molar-refractivity contribution in [3.63, 3.8) is 0 Å². The molecule has 0 aliphatic carbocycles. The van der Waals surface area contributed by atoms with Gasteiger partial charge in [0.25, 0.3) is 10.0 Å². The van der Waals surface area contributed by atoms with E-state index in [2.05, 4.69) is 27.9 Å². The Labute approximate surface area is 178 Å². The molecule has 0 radical (unpaired) electrons. The highest BCUT2D eigenvalue weighted by molar-refractivity contribution is 14.1. The van der Waals surface area contributed by atoms with Gasteiger partial charge in [0.2, 0.25) is 5.91 Å². The molecule has 7 heteroatoms. The van der Waals surface area contributed by atoms with E-state index in [1.807, 2.05) is 37.3 Å². The number of hydrogen-bond donors (Lipinski definition) is 1. The second-order valence-corrected chi connectivity index (χ2v) is 9.27. The zero-order chi connectivity index (χ0) is 20.1. The summed E-state index contributed by atoms with van der Waals surface area (Å²) in [5, 5.41) is 2.80. The summed E-state index contributed by atoms with van der Waals surface area (Å²) < 4.78 is 28.5. The Morgan fingerprint density at radius 1 is 0.929 bits per heavy atom. The number of anilines is 2. The Kier molecular flexibility index (Phi) is 6.35. The molecule has 0 saturated heterocycles. The van der Waals surface area contributed by atoms with Gasteiger partial charge in [-0.05, 0) is 77.5 Å². The van der Waals surface area contributed by atoms with Crippen molar-refractivity contribution in [2.75, 3.05) is 16.2 Å². The molecule has 0 atom stereocenters. The van der Waals surface area contributed by atoms with Crippen molar-refractivity contribution in [2.45, 2.75) is 11.8 Å². The maximum Gasteiger partial charge on any atom is 0.264 e. The number of para-hydroxylation sites is 1. The molecule has 5 nitrogen and oxygen atoms in total. The minimum Gasteiger partial charge on any atom is -0.324 e. The Bertz CT molecular complexity index is 1070. The maximum atomic E-state index is 13.2. The predicted octanol–water partition coefficient (Wildman–Crippen LogP) is 4.43. The van der Waals surface area contributed by atoms with E-state index in [4.69, 9.17) is 0 Å². The Hall–Kier alpha value is -2.39. The molecule has 3 aromatic carbocycles. The molecular weight excluding hydrogens is 487 g/mol. The highest BCUT2D eigenvalue weighted by Crippen LogP contribution is 2.24. The number of carbonyl (C=O) groups excluding carboxylic acids is 1. The van der Waals surface area contributed by atoms with Crippen molar-refractivity contribution >= 4 is 49.9 Å². The van der Waals surface area contributed by atoms with E-state index in [1.165, 1.54) is 12.1 Å². The van der Waals surface area contributed by atoms with Crippen LogP contribution in [0.2, 0.25) is 0 Å². The molecule has 0 aromatic heterocycles. The molecule has 0 heterocycles. The van der Waals surface area contributed by atoms with E-state index in [-0.39, 0.29) is 11.4 Å². The summed E-state index contributed by atoms with van der Waals surface area (Å²) in [5.41, 5.74) is 2.00. The van der Waals surface area contributed by atoms with Crippen LogP contribution in [0.15, 0.2) is 83.8 Å². The maximum absolute atomic E-state index is 13.2. The van der Waals surface area contributed by atoms with E-state index in [9.17, 15) is 13.2 Å². The van der Waals surface area contributed by atoms with E-state index in [0.29, 0.717) is 11.4 Å². The first-order valence-corrected chi connectivity index (χ1v) is 11.1. The SMILES string of the molecule is Cc1ccccc1NC(=O)CN(c1ccc(I)cc1)S(=O)(=O)c1ccccc1. The van der Waals surface area contributed by atoms with Gasteiger partial charge in [-0.3, -0.25) is 9.10 Å². The van der Waals surface area contributed by atoms with Crippen LogP contribution in [0.4, 0.5) is 11.4 Å². The molecule has 1 amide bonds. The quantitative estimate of drug-likeness (QED) is 0.503. The van der Waals surface area contributed by atoms with Crippen molar-refractivity contribution in [3.05, 3.63) is 88.0 Å². The molecule has 1 N–H and O–H groups in total. The number of aryl methyl sites for hydroxylation is 1. The molecule has 144 valence electrons. The number of rotatable bonds is 6. The lowest BCUT2D eigenvalue weighted by atomic mass is 10.2. The van der Waals surface area contributed by atoms with Gasteiger partial charge in [-0.15, -0.1) is 0 Å². The van der Waals surface area contributed by atoms with E-state index in [0.717, 1.165) is 13.4 Å². The first-order valence-electron chi connectivity index (χ1n) is 8.57. The molecule has 3 aromatic rings. The number of amides is 1. The van der Waals surface area contributed by atoms with Gasteiger partial charge in [-0.2, -0.15) is 0 Å². The Balaban J connectivity index is 1.94. The van der Waals surface area contributed by atoms with Gasteiger partial charge in [-0.25, -0.2) is 8.42 Å². The average molecular weight is 506 g/mol. The van der Waals surface area contributed by atoms with Gasteiger partial charge in [0.15, 0.2) is 0 Å². The van der Waals surface area contributed by atoms with Crippen molar-refractivity contribution in [2.24, 2.45) is 0 Å². The van der Waals surface area contributed by atoms with Gasteiger partial charge in [0, 0.05) is 9.26 Å². The normalized spacial score (nSPS) is 11.1. The number of nitrogens with zero attached hydrogens (tertiary/aromatic N) is 1. The lowest BCUT2D eigenvalue weighted by Crippen LogP contribution is -2.38. The number of sulfonamides is 1. The molecular formula is C21H19IN2O3S. The second-order valence-electron chi connectivity index (χ2n) is 6.16. The Morgan fingerprint density at radius 3 is 2.18 bits per heavy atom. The summed E-state index contributed by atoms with van der Waals surface area (Å²) in [5.74, 6) is -0.410. The van der Waals surface area contributed by atoms with Crippen LogP contribution in [-0.4, -0.2) is 20.9 Å². The van der Waals surface area contributed by atoms with Crippen LogP contribution < -0.4 is 9.62 Å². The fourth-order valence-electron chi connectivity index (χ4n) is 2.68. The first kappa shape index (κ1) is 20.3. The van der Waals surface area contributed by atoms with Crippen LogP contribution in [0, 0.1) is 10.5 Å². The summed E-state index contributed by atoms with van der Waals surface area (Å²) >= 11 is 2.15. The van der Waals surface area contributed by atoms with Crippen LogP contribution >= 0.6 is 22.6 Å². The van der Waals surface area contributed by atoms with Crippen LogP contribution in [0.5, 0.6) is 0 Å². The molecule has 28 heavy (non-hydrogen) atoms. The summed E-state index contributed by atoms with van der Waals surface area (Å²) in [6.45, 7) is 1.55. The van der Waals surface area contributed by atoms with E-state index < -0.39 is 15.9 Å². The third-order valence-corrected chi connectivity index (χ3v) is 6.66. The predicted molar refractivity (Wildman–Crippen MR) is 120 cm³/mol. The molecule has 3 rings (SSSR count). The Morgan fingerprint density at radius 2 is 1.54 bits per heavy atom. The lowest BCUT2D eigenvalue weighted by molar-refractivity contribution is -0.114. The number of carbonyl (C=O) groups is 1. The minimum atomic E-state index is -3.89. The largest absolute Gasteiger partial charge is 0.324 e. The molecule has 0 spiro atoms. The zero-order valence-electron chi connectivity index (χ0n) is 15.2. The van der Waals surface area contributed by atoms with Gasteiger partial charge in [0.1, 0.15) is 6.54 Å². The average Bonchev–Trinajstić information content (AvgIpc) is 2.69. The van der Waals surface area contributed by atoms with Crippen LogP contribution in [0.25, 0.3) is 0 Å². The monoisotopic (exact) mass is 506 g/mol. The standard InChI is InChI=1S/C21H19IN2O3S/c1-16-7-5-6-10-20(16)23-21(25)15-24(18-13-11-17(22)12-14-18)28(26,27)19-8-3-2-4-9-19/h2-14H,15H2,1H3,(H,23,25). The van der Waals surface area contributed by atoms with Crippen LogP contribution in [-0.2, 0) is 14.8 Å². The summed E-state index contributed by atoms with van der Waals surface area (Å²) in [6.07, 6.45) is 0. The fraction of sp³-hybridized carbons (Fsp3) is 0.0952. The minimum absolute atomic E-state index is 0.136. The topological polar surface area (TPSA) is 66.5 Å². The van der Waals surface area contributed by atoms with Crippen LogP contribution in [0.3, 0.4) is 0 Å². The van der Waals surface area contributed by atoms with E-state index in [1.54, 1.807) is 36.4 Å². The van der Waals surface area contributed by atoms with Crippen molar-refractivity contribution in [3.8, 4) is 0 Å². The molecule has 0 bridgehead atoms. The number of hydrogen-bond acceptors (Lipinski definition) is 3. The highest BCUT2D eigenvalue weighted by atomic mass is 127. The third kappa shape index (κ3) is 4.71. The fourth-order valence-corrected chi connectivity index (χ4v) is 4.48. The smallest absolute Gasteiger partial charge is 0.264 e. The zero-order valence-corrected chi connectivity index (χ0v) is 18.1. The van der Waals surface area contributed by atoms with Gasteiger partial charge in [0.05, 0.1) is 10.6 Å². The highest BCUT2D eigenvalue weighted by Gasteiger charge is 2.27.